The third-order valence-corrected chi connectivity index (χ3v) is 3.22. The topological polar surface area (TPSA) is 55.4 Å². The molecule has 1 aromatic carbocycles. The summed E-state index contributed by atoms with van der Waals surface area (Å²) >= 11 is 0. The van der Waals surface area contributed by atoms with Gasteiger partial charge in [0.05, 0.1) is 7.11 Å². The molecule has 0 aromatic heterocycles. The molecule has 1 amide bonds. The summed E-state index contributed by atoms with van der Waals surface area (Å²) < 4.78 is 4.63. The quantitative estimate of drug-likeness (QED) is 0.838. The molecular formula is C15H17NO3. The van der Waals surface area contributed by atoms with E-state index in [0.717, 1.165) is 5.56 Å². The van der Waals surface area contributed by atoms with Crippen LogP contribution >= 0.6 is 0 Å². The van der Waals surface area contributed by atoms with Gasteiger partial charge in [0.25, 0.3) is 0 Å². The normalized spacial score (nSPS) is 22.5. The molecule has 100 valence electrons. The van der Waals surface area contributed by atoms with Crippen LogP contribution in [-0.2, 0) is 14.3 Å². The van der Waals surface area contributed by atoms with Gasteiger partial charge in [-0.25, -0.2) is 4.79 Å². The van der Waals surface area contributed by atoms with Crippen molar-refractivity contribution in [1.29, 1.82) is 0 Å². The first kappa shape index (κ1) is 13.3. The summed E-state index contributed by atoms with van der Waals surface area (Å²) in [5.74, 6) is -0.597. The molecule has 1 fully saturated rings. The van der Waals surface area contributed by atoms with Crippen molar-refractivity contribution in [1.82, 2.24) is 5.32 Å². The standard InChI is InChI=1S/C15H17NO3/c1-19-15(18)13-10-12(14(17)16-13)9-5-8-11-6-3-2-4-7-11/h2-8,12-13H,9-10H2,1H3,(H,16,17)/t12-,13-/m1/s1. The number of ether oxygens (including phenoxy) is 1. The molecule has 1 N–H and O–H groups in total. The Bertz CT molecular complexity index is 481. The first-order chi connectivity index (χ1) is 9.20. The highest BCUT2D eigenvalue weighted by Crippen LogP contribution is 2.20. The average Bonchev–Trinajstić information content (AvgIpc) is 2.81. The molecule has 4 nitrogen and oxygen atoms in total. The van der Waals surface area contributed by atoms with Crippen LogP contribution in [0.4, 0.5) is 0 Å². The molecule has 1 aliphatic rings. The molecular weight excluding hydrogens is 242 g/mol. The molecule has 0 unspecified atom stereocenters. The predicted octanol–water partition coefficient (Wildman–Crippen LogP) is 1.77. The molecule has 0 radical (unpaired) electrons. The molecule has 0 spiro atoms. The Hall–Kier alpha value is -2.10. The summed E-state index contributed by atoms with van der Waals surface area (Å²) in [5.41, 5.74) is 1.10. The summed E-state index contributed by atoms with van der Waals surface area (Å²) in [6, 6.07) is 9.41. The van der Waals surface area contributed by atoms with Gasteiger partial charge in [-0.05, 0) is 18.4 Å². The Morgan fingerprint density at radius 2 is 2.16 bits per heavy atom. The second-order valence-electron chi connectivity index (χ2n) is 4.57. The lowest BCUT2D eigenvalue weighted by Crippen LogP contribution is -2.34. The van der Waals surface area contributed by atoms with Gasteiger partial charge in [-0.3, -0.25) is 4.79 Å². The van der Waals surface area contributed by atoms with Crippen LogP contribution in [0, 0.1) is 5.92 Å². The number of hydrogen-bond acceptors (Lipinski definition) is 3. The molecule has 1 aliphatic heterocycles. The van der Waals surface area contributed by atoms with Gasteiger partial charge in [0.2, 0.25) is 5.91 Å². The van der Waals surface area contributed by atoms with E-state index in [9.17, 15) is 9.59 Å². The number of carbonyl (C=O) groups is 2. The number of hydrogen-bond donors (Lipinski definition) is 1. The lowest BCUT2D eigenvalue weighted by molar-refractivity contribution is -0.143. The molecule has 0 aliphatic carbocycles. The maximum absolute atomic E-state index is 11.7. The van der Waals surface area contributed by atoms with E-state index in [4.69, 9.17) is 0 Å². The fraction of sp³-hybridized carbons (Fsp3) is 0.333. The summed E-state index contributed by atoms with van der Waals surface area (Å²) in [5, 5.41) is 2.66. The van der Waals surface area contributed by atoms with Crippen molar-refractivity contribution in [3.8, 4) is 0 Å². The Morgan fingerprint density at radius 1 is 1.42 bits per heavy atom. The third kappa shape index (κ3) is 3.44. The lowest BCUT2D eigenvalue weighted by atomic mass is 10.0. The fourth-order valence-electron chi connectivity index (χ4n) is 2.17. The van der Waals surface area contributed by atoms with Crippen LogP contribution in [0.3, 0.4) is 0 Å². The number of carbonyl (C=O) groups excluding carboxylic acids is 2. The highest BCUT2D eigenvalue weighted by Gasteiger charge is 2.35. The number of methoxy groups -OCH3 is 1. The van der Waals surface area contributed by atoms with Crippen LogP contribution in [0.2, 0.25) is 0 Å². The van der Waals surface area contributed by atoms with E-state index in [1.807, 2.05) is 42.5 Å². The number of allylic oxidation sites excluding steroid dienone is 1. The van der Waals surface area contributed by atoms with Gasteiger partial charge < -0.3 is 10.1 Å². The van der Waals surface area contributed by atoms with Crippen LogP contribution in [0.1, 0.15) is 18.4 Å². The van der Waals surface area contributed by atoms with E-state index in [1.54, 1.807) is 0 Å². The van der Waals surface area contributed by atoms with Crippen LogP contribution in [0.25, 0.3) is 6.08 Å². The van der Waals surface area contributed by atoms with Crippen LogP contribution in [0.5, 0.6) is 0 Å². The highest BCUT2D eigenvalue weighted by atomic mass is 16.5. The average molecular weight is 259 g/mol. The monoisotopic (exact) mass is 259 g/mol. The molecule has 2 atom stereocenters. The summed E-state index contributed by atoms with van der Waals surface area (Å²) in [7, 11) is 1.33. The van der Waals surface area contributed by atoms with E-state index < -0.39 is 6.04 Å². The van der Waals surface area contributed by atoms with Crippen molar-refractivity contribution in [2.75, 3.05) is 7.11 Å². The largest absolute Gasteiger partial charge is 0.467 e. The number of nitrogens with one attached hydrogen (secondary N) is 1. The van der Waals surface area contributed by atoms with Crippen molar-refractivity contribution >= 4 is 18.0 Å². The Morgan fingerprint density at radius 3 is 2.84 bits per heavy atom. The van der Waals surface area contributed by atoms with Crippen LogP contribution < -0.4 is 5.32 Å². The van der Waals surface area contributed by atoms with Gasteiger partial charge in [-0.1, -0.05) is 42.5 Å². The van der Waals surface area contributed by atoms with E-state index >= 15 is 0 Å². The van der Waals surface area contributed by atoms with Crippen LogP contribution in [0.15, 0.2) is 36.4 Å². The number of esters is 1. The number of benzene rings is 1. The van der Waals surface area contributed by atoms with E-state index in [-0.39, 0.29) is 17.8 Å². The van der Waals surface area contributed by atoms with Gasteiger partial charge in [0, 0.05) is 5.92 Å². The first-order valence-corrected chi connectivity index (χ1v) is 6.30. The molecule has 1 aromatic rings. The molecule has 4 heteroatoms. The molecule has 0 bridgehead atoms. The van der Waals surface area contributed by atoms with Gasteiger partial charge >= 0.3 is 5.97 Å². The van der Waals surface area contributed by atoms with Crippen molar-refractivity contribution in [3.05, 3.63) is 42.0 Å². The summed E-state index contributed by atoms with van der Waals surface area (Å²) in [4.78, 5) is 23.0. The zero-order chi connectivity index (χ0) is 13.7. The Labute approximate surface area is 112 Å². The van der Waals surface area contributed by atoms with Crippen LogP contribution in [-0.4, -0.2) is 25.0 Å². The second kappa shape index (κ2) is 6.18. The predicted molar refractivity (Wildman–Crippen MR) is 72.1 cm³/mol. The zero-order valence-corrected chi connectivity index (χ0v) is 10.8. The molecule has 0 saturated carbocycles. The maximum atomic E-state index is 11.7. The van der Waals surface area contributed by atoms with E-state index in [2.05, 4.69) is 10.1 Å². The van der Waals surface area contributed by atoms with Gasteiger partial charge in [0.15, 0.2) is 0 Å². The van der Waals surface area contributed by atoms with E-state index in [0.29, 0.717) is 12.8 Å². The highest BCUT2D eigenvalue weighted by molar-refractivity contribution is 5.89. The second-order valence-corrected chi connectivity index (χ2v) is 4.57. The fourth-order valence-corrected chi connectivity index (χ4v) is 2.17. The minimum Gasteiger partial charge on any atom is -0.467 e. The van der Waals surface area contributed by atoms with Gasteiger partial charge in [-0.15, -0.1) is 0 Å². The molecule has 1 heterocycles. The third-order valence-electron chi connectivity index (χ3n) is 3.22. The summed E-state index contributed by atoms with van der Waals surface area (Å²) in [6.07, 6.45) is 5.09. The van der Waals surface area contributed by atoms with Gasteiger partial charge in [0.1, 0.15) is 6.04 Å². The number of amides is 1. The van der Waals surface area contributed by atoms with Crippen molar-refractivity contribution in [2.24, 2.45) is 5.92 Å². The van der Waals surface area contributed by atoms with Crippen molar-refractivity contribution < 1.29 is 14.3 Å². The van der Waals surface area contributed by atoms with Gasteiger partial charge in [-0.2, -0.15) is 0 Å². The van der Waals surface area contributed by atoms with Crippen molar-refractivity contribution in [3.63, 3.8) is 0 Å². The maximum Gasteiger partial charge on any atom is 0.328 e. The zero-order valence-electron chi connectivity index (χ0n) is 10.8. The minimum atomic E-state index is -0.493. The van der Waals surface area contributed by atoms with E-state index in [1.165, 1.54) is 7.11 Å². The Kier molecular flexibility index (Phi) is 4.34. The summed E-state index contributed by atoms with van der Waals surface area (Å²) in [6.45, 7) is 0. The molecule has 2 rings (SSSR count). The van der Waals surface area contributed by atoms with Crippen molar-refractivity contribution in [2.45, 2.75) is 18.9 Å². The molecule has 1 saturated heterocycles. The smallest absolute Gasteiger partial charge is 0.328 e. The molecule has 19 heavy (non-hydrogen) atoms. The lowest BCUT2D eigenvalue weighted by Gasteiger charge is -2.05. The SMILES string of the molecule is COC(=O)[C@H]1C[C@@H](CC=Cc2ccccc2)C(=O)N1. The minimum absolute atomic E-state index is 0.0758. The first-order valence-electron chi connectivity index (χ1n) is 6.30. The number of rotatable bonds is 4. The Balaban J connectivity index is 1.89.